The maximum Gasteiger partial charge on any atom is 0.0524 e. The SMILES string of the molecule is CCc1ccc(C(CC)NCCC(C)O)cc1. The first kappa shape index (κ1) is 14.2. The van der Waals surface area contributed by atoms with Crippen molar-refractivity contribution in [1.29, 1.82) is 0 Å². The molecule has 0 aliphatic carbocycles. The second-order valence-corrected chi connectivity index (χ2v) is 4.65. The zero-order valence-corrected chi connectivity index (χ0v) is 11.2. The van der Waals surface area contributed by atoms with Gasteiger partial charge in [0.15, 0.2) is 0 Å². The van der Waals surface area contributed by atoms with Crippen LogP contribution < -0.4 is 5.32 Å². The van der Waals surface area contributed by atoms with Gasteiger partial charge in [-0.15, -0.1) is 0 Å². The lowest BCUT2D eigenvalue weighted by Gasteiger charge is -2.18. The van der Waals surface area contributed by atoms with E-state index in [1.165, 1.54) is 11.1 Å². The number of aliphatic hydroxyl groups is 1. The summed E-state index contributed by atoms with van der Waals surface area (Å²) in [6, 6.07) is 9.23. The Balaban J connectivity index is 2.53. The first-order chi connectivity index (χ1) is 8.17. The molecule has 0 saturated carbocycles. The summed E-state index contributed by atoms with van der Waals surface area (Å²) >= 11 is 0. The van der Waals surface area contributed by atoms with Gasteiger partial charge in [0.1, 0.15) is 0 Å². The van der Waals surface area contributed by atoms with Gasteiger partial charge >= 0.3 is 0 Å². The van der Waals surface area contributed by atoms with Crippen LogP contribution >= 0.6 is 0 Å². The van der Waals surface area contributed by atoms with E-state index in [1.54, 1.807) is 0 Å². The first-order valence-corrected chi connectivity index (χ1v) is 6.67. The highest BCUT2D eigenvalue weighted by atomic mass is 16.3. The van der Waals surface area contributed by atoms with Crippen LogP contribution in [0.5, 0.6) is 0 Å². The van der Waals surface area contributed by atoms with Crippen LogP contribution in [0.2, 0.25) is 0 Å². The minimum atomic E-state index is -0.220. The molecule has 2 unspecified atom stereocenters. The van der Waals surface area contributed by atoms with Crippen molar-refractivity contribution >= 4 is 0 Å². The fourth-order valence-corrected chi connectivity index (χ4v) is 1.95. The third-order valence-electron chi connectivity index (χ3n) is 3.15. The molecule has 0 spiro atoms. The average Bonchev–Trinajstić information content (AvgIpc) is 2.34. The Hall–Kier alpha value is -0.860. The molecule has 0 fully saturated rings. The van der Waals surface area contributed by atoms with Gasteiger partial charge in [0.2, 0.25) is 0 Å². The maximum absolute atomic E-state index is 9.24. The van der Waals surface area contributed by atoms with Crippen molar-refractivity contribution in [1.82, 2.24) is 5.32 Å². The lowest BCUT2D eigenvalue weighted by atomic mass is 10.0. The van der Waals surface area contributed by atoms with Gasteiger partial charge in [-0.3, -0.25) is 0 Å². The van der Waals surface area contributed by atoms with Crippen molar-refractivity contribution < 1.29 is 5.11 Å². The van der Waals surface area contributed by atoms with Gasteiger partial charge in [0, 0.05) is 6.04 Å². The minimum absolute atomic E-state index is 0.220. The van der Waals surface area contributed by atoms with Crippen molar-refractivity contribution in [2.45, 2.75) is 52.2 Å². The largest absolute Gasteiger partial charge is 0.393 e. The fraction of sp³-hybridized carbons (Fsp3) is 0.600. The van der Waals surface area contributed by atoms with E-state index in [9.17, 15) is 5.11 Å². The van der Waals surface area contributed by atoms with Gasteiger partial charge in [-0.25, -0.2) is 0 Å². The van der Waals surface area contributed by atoms with Crippen LogP contribution in [0.4, 0.5) is 0 Å². The van der Waals surface area contributed by atoms with Crippen LogP contribution in [0.1, 0.15) is 50.8 Å². The monoisotopic (exact) mass is 235 g/mol. The van der Waals surface area contributed by atoms with Gasteiger partial charge in [-0.05, 0) is 43.9 Å². The Morgan fingerprint density at radius 3 is 2.29 bits per heavy atom. The molecule has 1 rings (SSSR count). The third kappa shape index (κ3) is 4.88. The normalized spacial score (nSPS) is 14.6. The van der Waals surface area contributed by atoms with Gasteiger partial charge in [-0.1, -0.05) is 38.1 Å². The highest BCUT2D eigenvalue weighted by molar-refractivity contribution is 5.24. The van der Waals surface area contributed by atoms with E-state index >= 15 is 0 Å². The highest BCUT2D eigenvalue weighted by Gasteiger charge is 2.08. The molecule has 0 amide bonds. The molecule has 0 saturated heterocycles. The Morgan fingerprint density at radius 2 is 1.82 bits per heavy atom. The molecular weight excluding hydrogens is 210 g/mol. The summed E-state index contributed by atoms with van der Waals surface area (Å²) in [4.78, 5) is 0. The molecule has 2 nitrogen and oxygen atoms in total. The first-order valence-electron chi connectivity index (χ1n) is 6.67. The van der Waals surface area contributed by atoms with Crippen molar-refractivity contribution in [2.75, 3.05) is 6.54 Å². The van der Waals surface area contributed by atoms with E-state index in [2.05, 4.69) is 43.4 Å². The van der Waals surface area contributed by atoms with Crippen molar-refractivity contribution in [2.24, 2.45) is 0 Å². The predicted octanol–water partition coefficient (Wildman–Crippen LogP) is 3.06. The standard InChI is InChI=1S/C15H25NO/c1-4-13-6-8-14(9-7-13)15(5-2)16-11-10-12(3)17/h6-9,12,15-17H,4-5,10-11H2,1-3H3. The molecule has 0 aromatic heterocycles. The number of nitrogens with one attached hydrogen (secondary N) is 1. The summed E-state index contributed by atoms with van der Waals surface area (Å²) in [5, 5.41) is 12.7. The lowest BCUT2D eigenvalue weighted by Crippen LogP contribution is -2.24. The van der Waals surface area contributed by atoms with E-state index in [0.717, 1.165) is 25.8 Å². The summed E-state index contributed by atoms with van der Waals surface area (Å²) < 4.78 is 0. The molecule has 2 heteroatoms. The number of hydrogen-bond donors (Lipinski definition) is 2. The molecule has 0 radical (unpaired) electrons. The molecule has 96 valence electrons. The van der Waals surface area contributed by atoms with E-state index in [0.29, 0.717) is 6.04 Å². The number of rotatable bonds is 7. The second-order valence-electron chi connectivity index (χ2n) is 4.65. The molecule has 2 atom stereocenters. The third-order valence-corrected chi connectivity index (χ3v) is 3.15. The van der Waals surface area contributed by atoms with Gasteiger partial charge in [0.05, 0.1) is 6.10 Å². The van der Waals surface area contributed by atoms with Crippen LogP contribution in [-0.2, 0) is 6.42 Å². The number of benzene rings is 1. The zero-order chi connectivity index (χ0) is 12.7. The van der Waals surface area contributed by atoms with E-state index in [4.69, 9.17) is 0 Å². The quantitative estimate of drug-likeness (QED) is 0.761. The number of aryl methyl sites for hydroxylation is 1. The molecule has 17 heavy (non-hydrogen) atoms. The maximum atomic E-state index is 9.24. The Labute approximate surface area is 105 Å². The van der Waals surface area contributed by atoms with E-state index in [-0.39, 0.29) is 6.10 Å². The van der Waals surface area contributed by atoms with Crippen LogP contribution in [0, 0.1) is 0 Å². The highest BCUT2D eigenvalue weighted by Crippen LogP contribution is 2.17. The molecule has 0 bridgehead atoms. The van der Waals surface area contributed by atoms with E-state index < -0.39 is 0 Å². The molecule has 0 aliphatic rings. The number of aliphatic hydroxyl groups excluding tert-OH is 1. The van der Waals surface area contributed by atoms with Crippen molar-refractivity contribution in [3.05, 3.63) is 35.4 Å². The summed E-state index contributed by atoms with van der Waals surface area (Å²) in [5.41, 5.74) is 2.72. The molecule has 1 aromatic rings. The fourth-order valence-electron chi connectivity index (χ4n) is 1.95. The van der Waals surface area contributed by atoms with Crippen molar-refractivity contribution in [3.63, 3.8) is 0 Å². The molecular formula is C15H25NO. The summed E-state index contributed by atoms with van der Waals surface area (Å²) in [7, 11) is 0. The molecule has 2 N–H and O–H groups in total. The van der Waals surface area contributed by atoms with E-state index in [1.807, 2.05) is 6.92 Å². The average molecular weight is 235 g/mol. The minimum Gasteiger partial charge on any atom is -0.393 e. The van der Waals surface area contributed by atoms with Crippen molar-refractivity contribution in [3.8, 4) is 0 Å². The second kappa shape index (κ2) is 7.46. The van der Waals surface area contributed by atoms with Crippen LogP contribution in [0.15, 0.2) is 24.3 Å². The lowest BCUT2D eigenvalue weighted by molar-refractivity contribution is 0.182. The smallest absolute Gasteiger partial charge is 0.0524 e. The van der Waals surface area contributed by atoms with Crippen LogP contribution in [0.25, 0.3) is 0 Å². The molecule has 1 aromatic carbocycles. The molecule has 0 aliphatic heterocycles. The summed E-state index contributed by atoms with van der Waals surface area (Å²) in [6.45, 7) is 7.06. The van der Waals surface area contributed by atoms with Gasteiger partial charge in [-0.2, -0.15) is 0 Å². The van der Waals surface area contributed by atoms with Crippen LogP contribution in [0.3, 0.4) is 0 Å². The Morgan fingerprint density at radius 1 is 1.18 bits per heavy atom. The topological polar surface area (TPSA) is 32.3 Å². The Kier molecular flexibility index (Phi) is 6.23. The predicted molar refractivity (Wildman–Crippen MR) is 73.2 cm³/mol. The Bertz CT molecular complexity index is 305. The molecule has 0 heterocycles. The van der Waals surface area contributed by atoms with Gasteiger partial charge in [0.25, 0.3) is 0 Å². The zero-order valence-electron chi connectivity index (χ0n) is 11.2. The summed E-state index contributed by atoms with van der Waals surface area (Å²) in [6.07, 6.45) is 2.75. The number of hydrogen-bond acceptors (Lipinski definition) is 2. The summed E-state index contributed by atoms with van der Waals surface area (Å²) in [5.74, 6) is 0. The van der Waals surface area contributed by atoms with Crippen LogP contribution in [-0.4, -0.2) is 17.8 Å². The van der Waals surface area contributed by atoms with Gasteiger partial charge < -0.3 is 10.4 Å².